The Kier molecular flexibility index (Phi) is 6.88. The van der Waals surface area contributed by atoms with Crippen molar-refractivity contribution >= 4 is 17.2 Å². The molecule has 1 fully saturated rings. The van der Waals surface area contributed by atoms with Crippen LogP contribution >= 0.6 is 11.3 Å². The lowest BCUT2D eigenvalue weighted by atomic mass is 10.2. The van der Waals surface area contributed by atoms with Crippen molar-refractivity contribution in [2.45, 2.75) is 6.04 Å². The SMILES string of the molecule is COc1ccccc1OCC(=O)NC[C@H](c1cccs1)N1CCOCC1. The smallest absolute Gasteiger partial charge is 0.258 e. The number of nitrogens with zero attached hydrogens (tertiary/aromatic N) is 1. The fraction of sp³-hybridized carbons (Fsp3) is 0.421. The fourth-order valence-electron chi connectivity index (χ4n) is 2.92. The van der Waals surface area contributed by atoms with Gasteiger partial charge in [-0.1, -0.05) is 18.2 Å². The van der Waals surface area contributed by atoms with Crippen molar-refractivity contribution < 1.29 is 19.0 Å². The molecule has 0 radical (unpaired) electrons. The number of thiophene rings is 1. The fourth-order valence-corrected chi connectivity index (χ4v) is 3.78. The number of ether oxygens (including phenoxy) is 3. The molecule has 7 heteroatoms. The first-order valence-electron chi connectivity index (χ1n) is 8.65. The summed E-state index contributed by atoms with van der Waals surface area (Å²) >= 11 is 1.71. The molecule has 1 aliphatic rings. The Morgan fingerprint density at radius 2 is 2.00 bits per heavy atom. The summed E-state index contributed by atoms with van der Waals surface area (Å²) in [6, 6.07) is 11.6. The van der Waals surface area contributed by atoms with Gasteiger partial charge < -0.3 is 19.5 Å². The van der Waals surface area contributed by atoms with E-state index in [9.17, 15) is 4.79 Å². The molecule has 0 saturated carbocycles. The van der Waals surface area contributed by atoms with Crippen LogP contribution in [0.4, 0.5) is 0 Å². The van der Waals surface area contributed by atoms with E-state index in [2.05, 4.69) is 21.7 Å². The standard InChI is InChI=1S/C19H24N2O4S/c1-23-16-5-2-3-6-17(16)25-14-19(22)20-13-15(18-7-4-12-26-18)21-8-10-24-11-9-21/h2-7,12,15H,8-11,13-14H2,1H3,(H,20,22)/t15-/m1/s1. The van der Waals surface area contributed by atoms with Crippen molar-refractivity contribution in [3.63, 3.8) is 0 Å². The summed E-state index contributed by atoms with van der Waals surface area (Å²) < 4.78 is 16.3. The van der Waals surface area contributed by atoms with Crippen LogP contribution in [-0.4, -0.2) is 57.4 Å². The molecule has 1 amide bonds. The summed E-state index contributed by atoms with van der Waals surface area (Å²) in [4.78, 5) is 15.9. The van der Waals surface area contributed by atoms with Crippen LogP contribution in [-0.2, 0) is 9.53 Å². The topological polar surface area (TPSA) is 60.0 Å². The number of hydrogen-bond acceptors (Lipinski definition) is 6. The van der Waals surface area contributed by atoms with Crippen LogP contribution < -0.4 is 14.8 Å². The van der Waals surface area contributed by atoms with Gasteiger partial charge in [0.2, 0.25) is 0 Å². The third kappa shape index (κ3) is 4.97. The zero-order chi connectivity index (χ0) is 18.2. The molecule has 2 aromatic rings. The second kappa shape index (κ2) is 9.56. The molecule has 1 atom stereocenters. The number of para-hydroxylation sites is 2. The second-order valence-corrected chi connectivity index (χ2v) is 6.90. The largest absolute Gasteiger partial charge is 0.493 e. The first-order valence-corrected chi connectivity index (χ1v) is 9.53. The van der Waals surface area contributed by atoms with Crippen LogP contribution in [0.3, 0.4) is 0 Å². The van der Waals surface area contributed by atoms with Crippen LogP contribution in [0.1, 0.15) is 10.9 Å². The van der Waals surface area contributed by atoms with E-state index in [1.165, 1.54) is 4.88 Å². The quantitative estimate of drug-likeness (QED) is 0.766. The zero-order valence-corrected chi connectivity index (χ0v) is 15.7. The summed E-state index contributed by atoms with van der Waals surface area (Å²) in [5.74, 6) is 1.03. The van der Waals surface area contributed by atoms with Crippen LogP contribution in [0.25, 0.3) is 0 Å². The lowest BCUT2D eigenvalue weighted by molar-refractivity contribution is -0.123. The van der Waals surface area contributed by atoms with Gasteiger partial charge in [-0.3, -0.25) is 9.69 Å². The Bertz CT molecular complexity index is 687. The van der Waals surface area contributed by atoms with Crippen molar-refractivity contribution in [3.05, 3.63) is 46.7 Å². The normalized spacial score (nSPS) is 16.0. The third-order valence-electron chi connectivity index (χ3n) is 4.28. The first kappa shape index (κ1) is 18.7. The number of hydrogen-bond donors (Lipinski definition) is 1. The molecule has 1 aromatic carbocycles. The highest BCUT2D eigenvalue weighted by molar-refractivity contribution is 7.10. The average Bonchev–Trinajstić information content (AvgIpc) is 3.22. The van der Waals surface area contributed by atoms with Gasteiger partial charge in [-0.25, -0.2) is 0 Å². The molecule has 26 heavy (non-hydrogen) atoms. The van der Waals surface area contributed by atoms with Crippen LogP contribution in [0.15, 0.2) is 41.8 Å². The summed E-state index contributed by atoms with van der Waals surface area (Å²) in [7, 11) is 1.58. The van der Waals surface area contributed by atoms with E-state index in [0.29, 0.717) is 18.0 Å². The molecule has 1 saturated heterocycles. The highest BCUT2D eigenvalue weighted by atomic mass is 32.1. The number of rotatable bonds is 8. The van der Waals surface area contributed by atoms with Gasteiger partial charge in [-0.15, -0.1) is 11.3 Å². The highest BCUT2D eigenvalue weighted by Crippen LogP contribution is 2.26. The number of benzene rings is 1. The molecule has 0 aliphatic carbocycles. The van der Waals surface area contributed by atoms with Crippen LogP contribution in [0, 0.1) is 0 Å². The summed E-state index contributed by atoms with van der Waals surface area (Å²) in [6.45, 7) is 3.71. The molecule has 0 spiro atoms. The minimum absolute atomic E-state index is 0.0410. The lowest BCUT2D eigenvalue weighted by Crippen LogP contribution is -2.44. The molecule has 1 aliphatic heterocycles. The summed E-state index contributed by atoms with van der Waals surface area (Å²) in [5.41, 5.74) is 0. The van der Waals surface area contributed by atoms with Crippen LogP contribution in [0.2, 0.25) is 0 Å². The first-order chi connectivity index (χ1) is 12.8. The van der Waals surface area contributed by atoms with E-state index >= 15 is 0 Å². The number of methoxy groups -OCH3 is 1. The van der Waals surface area contributed by atoms with Gasteiger partial charge in [0.25, 0.3) is 5.91 Å². The van der Waals surface area contributed by atoms with Crippen molar-refractivity contribution in [2.75, 3.05) is 46.6 Å². The average molecular weight is 376 g/mol. The maximum Gasteiger partial charge on any atom is 0.258 e. The predicted molar refractivity (Wildman–Crippen MR) is 101 cm³/mol. The minimum Gasteiger partial charge on any atom is -0.493 e. The molecule has 140 valence electrons. The van der Waals surface area contributed by atoms with Crippen molar-refractivity contribution in [1.29, 1.82) is 0 Å². The Hall–Kier alpha value is -2.09. The molecule has 3 rings (SSSR count). The minimum atomic E-state index is -0.147. The Balaban J connectivity index is 1.54. The van der Waals surface area contributed by atoms with E-state index in [1.807, 2.05) is 18.2 Å². The van der Waals surface area contributed by atoms with E-state index in [4.69, 9.17) is 14.2 Å². The zero-order valence-electron chi connectivity index (χ0n) is 14.8. The second-order valence-electron chi connectivity index (χ2n) is 5.92. The molecule has 6 nitrogen and oxygen atoms in total. The lowest BCUT2D eigenvalue weighted by Gasteiger charge is -2.34. The molecule has 0 unspecified atom stereocenters. The van der Waals surface area contributed by atoms with Crippen molar-refractivity contribution in [1.82, 2.24) is 10.2 Å². The van der Waals surface area contributed by atoms with Gasteiger partial charge in [0.1, 0.15) is 0 Å². The highest BCUT2D eigenvalue weighted by Gasteiger charge is 2.24. The van der Waals surface area contributed by atoms with E-state index in [0.717, 1.165) is 26.3 Å². The van der Waals surface area contributed by atoms with Crippen molar-refractivity contribution in [2.24, 2.45) is 0 Å². The maximum atomic E-state index is 12.3. The van der Waals surface area contributed by atoms with Crippen molar-refractivity contribution in [3.8, 4) is 11.5 Å². The molecule has 0 bridgehead atoms. The van der Waals surface area contributed by atoms with Gasteiger partial charge in [0.15, 0.2) is 18.1 Å². The van der Waals surface area contributed by atoms with Gasteiger partial charge >= 0.3 is 0 Å². The molecular formula is C19H24N2O4S. The van der Waals surface area contributed by atoms with Crippen LogP contribution in [0.5, 0.6) is 11.5 Å². The molecule has 1 aromatic heterocycles. The third-order valence-corrected chi connectivity index (χ3v) is 5.25. The Morgan fingerprint density at radius 1 is 1.23 bits per heavy atom. The molecule has 1 N–H and O–H groups in total. The summed E-state index contributed by atoms with van der Waals surface area (Å²) in [5, 5.41) is 5.06. The number of nitrogens with one attached hydrogen (secondary N) is 1. The van der Waals surface area contributed by atoms with Gasteiger partial charge in [0.05, 0.1) is 26.4 Å². The van der Waals surface area contributed by atoms with E-state index < -0.39 is 0 Å². The molecule has 2 heterocycles. The van der Waals surface area contributed by atoms with Gasteiger partial charge in [0, 0.05) is 24.5 Å². The number of morpholine rings is 1. The number of amides is 1. The molecular weight excluding hydrogens is 352 g/mol. The summed E-state index contributed by atoms with van der Waals surface area (Å²) in [6.07, 6.45) is 0. The monoisotopic (exact) mass is 376 g/mol. The van der Waals surface area contributed by atoms with E-state index in [1.54, 1.807) is 30.6 Å². The predicted octanol–water partition coefficient (Wildman–Crippen LogP) is 2.33. The Morgan fingerprint density at radius 3 is 2.69 bits per heavy atom. The number of carbonyl (C=O) groups is 1. The Labute approximate surface area is 157 Å². The van der Waals surface area contributed by atoms with Gasteiger partial charge in [-0.2, -0.15) is 0 Å². The number of carbonyl (C=O) groups excluding carboxylic acids is 1. The van der Waals surface area contributed by atoms with Gasteiger partial charge in [-0.05, 0) is 23.6 Å². The maximum absolute atomic E-state index is 12.3. The van der Waals surface area contributed by atoms with E-state index in [-0.39, 0.29) is 18.6 Å².